The zero-order chi connectivity index (χ0) is 6.85. The van der Waals surface area contributed by atoms with Crippen LogP contribution < -0.4 is 0 Å². The van der Waals surface area contributed by atoms with Crippen molar-refractivity contribution in [1.29, 1.82) is 0 Å². The number of nitrogens with zero attached hydrogens (tertiary/aromatic N) is 1. The average molecular weight is 192 g/mol. The highest BCUT2D eigenvalue weighted by Gasteiger charge is 2.18. The summed E-state index contributed by atoms with van der Waals surface area (Å²) in [6.07, 6.45) is 0. The number of carbonyl (C=O) groups excluding carboxylic acids is 1. The van der Waals surface area contributed by atoms with Gasteiger partial charge in [0.15, 0.2) is 6.61 Å². The maximum Gasteiger partial charge on any atom is 0.286 e. The summed E-state index contributed by atoms with van der Waals surface area (Å²) < 4.78 is 4.88. The van der Waals surface area contributed by atoms with Crippen LogP contribution in [0.2, 0.25) is 0 Å². The minimum absolute atomic E-state index is 0.0453. The number of hydrogen-bond acceptors (Lipinski definition) is 2. The first kappa shape index (κ1) is 6.74. The normalized spacial score (nSPS) is 21.1. The second-order valence-corrected chi connectivity index (χ2v) is 3.12. The number of aliphatic imine (C=N–C) groups is 1. The van der Waals surface area contributed by atoms with Crippen LogP contribution in [0.25, 0.3) is 0 Å². The van der Waals surface area contributed by atoms with E-state index in [1.165, 1.54) is 0 Å². The first-order chi connectivity index (χ1) is 4.20. The monoisotopic (exact) mass is 191 g/mol. The molecule has 0 aromatic rings. The molecule has 1 atom stereocenters. The van der Waals surface area contributed by atoms with E-state index in [0.29, 0.717) is 5.90 Å². The zero-order valence-corrected chi connectivity index (χ0v) is 6.51. The fraction of sp³-hybridized carbons (Fsp3) is 0.600. The molecule has 0 aromatic heterocycles. The van der Waals surface area contributed by atoms with Crippen LogP contribution in [-0.2, 0) is 9.53 Å². The molecule has 0 saturated carbocycles. The van der Waals surface area contributed by atoms with E-state index < -0.39 is 0 Å². The van der Waals surface area contributed by atoms with E-state index in [4.69, 9.17) is 4.74 Å². The summed E-state index contributed by atoms with van der Waals surface area (Å²) in [6.45, 7) is 1.96. The van der Waals surface area contributed by atoms with Gasteiger partial charge in [0, 0.05) is 0 Å². The number of alkyl halides is 1. The number of rotatable bonds is 1. The minimum Gasteiger partial charge on any atom is -0.470 e. The number of ether oxygens (including phenoxy) is 1. The Morgan fingerprint density at radius 2 is 2.56 bits per heavy atom. The average Bonchev–Trinajstić information content (AvgIpc) is 2.14. The molecular weight excluding hydrogens is 186 g/mol. The van der Waals surface area contributed by atoms with E-state index in [-0.39, 0.29) is 17.3 Å². The summed E-state index contributed by atoms with van der Waals surface area (Å²) in [5, 5.41) is 0. The summed E-state index contributed by atoms with van der Waals surface area (Å²) >= 11 is 3.22. The van der Waals surface area contributed by atoms with Crippen LogP contribution in [0, 0.1) is 0 Å². The molecule has 0 bridgehead atoms. The van der Waals surface area contributed by atoms with Gasteiger partial charge in [-0.1, -0.05) is 15.9 Å². The lowest BCUT2D eigenvalue weighted by atomic mass is 10.5. The second-order valence-electron chi connectivity index (χ2n) is 1.75. The van der Waals surface area contributed by atoms with E-state index in [9.17, 15) is 4.79 Å². The van der Waals surface area contributed by atoms with E-state index in [1.54, 1.807) is 0 Å². The molecule has 1 amide bonds. The SMILES string of the molecule is CC(Br)C1=NC(=O)CO1. The summed E-state index contributed by atoms with van der Waals surface area (Å²) in [6, 6.07) is 0. The molecule has 0 aromatic carbocycles. The summed E-state index contributed by atoms with van der Waals surface area (Å²) in [7, 11) is 0. The molecular formula is C5H6BrNO2. The van der Waals surface area contributed by atoms with Gasteiger partial charge in [-0.3, -0.25) is 4.79 Å². The van der Waals surface area contributed by atoms with Gasteiger partial charge in [0.25, 0.3) is 5.91 Å². The molecule has 1 unspecified atom stereocenters. The van der Waals surface area contributed by atoms with E-state index in [1.807, 2.05) is 6.92 Å². The molecule has 3 nitrogen and oxygen atoms in total. The van der Waals surface area contributed by atoms with Gasteiger partial charge in [-0.15, -0.1) is 0 Å². The Morgan fingerprint density at radius 1 is 1.89 bits per heavy atom. The number of hydrogen-bond donors (Lipinski definition) is 0. The van der Waals surface area contributed by atoms with Crippen molar-refractivity contribution in [2.75, 3.05) is 6.61 Å². The number of amides is 1. The van der Waals surface area contributed by atoms with E-state index in [2.05, 4.69) is 20.9 Å². The molecule has 1 rings (SSSR count). The van der Waals surface area contributed by atoms with Crippen LogP contribution in [0.3, 0.4) is 0 Å². The van der Waals surface area contributed by atoms with Crippen molar-refractivity contribution in [2.24, 2.45) is 4.99 Å². The van der Waals surface area contributed by atoms with Crippen LogP contribution in [0.1, 0.15) is 6.92 Å². The summed E-state index contributed by atoms with van der Waals surface area (Å²) in [5.74, 6) is 0.288. The zero-order valence-electron chi connectivity index (χ0n) is 4.93. The van der Waals surface area contributed by atoms with Crippen molar-refractivity contribution in [2.45, 2.75) is 11.8 Å². The Kier molecular flexibility index (Phi) is 1.85. The molecule has 0 radical (unpaired) electrons. The lowest BCUT2D eigenvalue weighted by molar-refractivity contribution is -0.118. The Labute approximate surface area is 61.2 Å². The Balaban J connectivity index is 2.62. The molecule has 4 heteroatoms. The Bertz CT molecular complexity index is 164. The standard InChI is InChI=1S/C5H6BrNO2/c1-3(6)5-7-4(8)2-9-5/h3H,2H2,1H3. The molecule has 0 fully saturated rings. The molecule has 0 N–H and O–H groups in total. The van der Waals surface area contributed by atoms with Gasteiger partial charge >= 0.3 is 0 Å². The predicted molar refractivity (Wildman–Crippen MR) is 36.8 cm³/mol. The summed E-state index contributed by atoms with van der Waals surface area (Å²) in [4.78, 5) is 14.1. The van der Waals surface area contributed by atoms with Crippen LogP contribution >= 0.6 is 15.9 Å². The first-order valence-corrected chi connectivity index (χ1v) is 3.50. The minimum atomic E-state index is -0.198. The molecule has 9 heavy (non-hydrogen) atoms. The third-order valence-corrected chi connectivity index (χ3v) is 1.31. The first-order valence-electron chi connectivity index (χ1n) is 2.58. The van der Waals surface area contributed by atoms with Crippen molar-refractivity contribution in [3.05, 3.63) is 0 Å². The van der Waals surface area contributed by atoms with E-state index >= 15 is 0 Å². The maximum absolute atomic E-state index is 10.4. The lowest BCUT2D eigenvalue weighted by Crippen LogP contribution is -2.09. The quantitative estimate of drug-likeness (QED) is 0.574. The highest BCUT2D eigenvalue weighted by molar-refractivity contribution is 9.10. The van der Waals surface area contributed by atoms with Gasteiger partial charge in [-0.05, 0) is 6.92 Å². The maximum atomic E-state index is 10.4. The van der Waals surface area contributed by atoms with Crippen LogP contribution in [0.5, 0.6) is 0 Å². The Hall–Kier alpha value is -0.380. The van der Waals surface area contributed by atoms with Gasteiger partial charge in [0.1, 0.15) is 0 Å². The topological polar surface area (TPSA) is 38.7 Å². The third-order valence-electron chi connectivity index (χ3n) is 0.919. The van der Waals surface area contributed by atoms with Crippen LogP contribution in [0.4, 0.5) is 0 Å². The smallest absolute Gasteiger partial charge is 0.286 e. The molecule has 0 spiro atoms. The predicted octanol–water partition coefficient (Wildman–Crippen LogP) is 0.725. The lowest BCUT2D eigenvalue weighted by Gasteiger charge is -1.99. The second kappa shape index (κ2) is 2.47. The molecule has 0 saturated heterocycles. The van der Waals surface area contributed by atoms with Crippen LogP contribution in [-0.4, -0.2) is 23.2 Å². The largest absolute Gasteiger partial charge is 0.470 e. The van der Waals surface area contributed by atoms with Gasteiger partial charge in [-0.25, -0.2) is 0 Å². The fourth-order valence-electron chi connectivity index (χ4n) is 0.527. The summed E-state index contributed by atoms with van der Waals surface area (Å²) in [5.41, 5.74) is 0. The van der Waals surface area contributed by atoms with Gasteiger partial charge in [0.2, 0.25) is 5.90 Å². The highest BCUT2D eigenvalue weighted by Crippen LogP contribution is 2.07. The third kappa shape index (κ3) is 1.51. The number of halogens is 1. The number of carbonyl (C=O) groups is 1. The van der Waals surface area contributed by atoms with Gasteiger partial charge < -0.3 is 4.74 Å². The Morgan fingerprint density at radius 3 is 2.78 bits per heavy atom. The van der Waals surface area contributed by atoms with Crippen molar-refractivity contribution < 1.29 is 9.53 Å². The fourth-order valence-corrected chi connectivity index (χ4v) is 0.761. The molecule has 1 aliphatic rings. The van der Waals surface area contributed by atoms with Crippen molar-refractivity contribution in [3.8, 4) is 0 Å². The van der Waals surface area contributed by atoms with Crippen molar-refractivity contribution >= 4 is 27.7 Å². The van der Waals surface area contributed by atoms with E-state index in [0.717, 1.165) is 0 Å². The van der Waals surface area contributed by atoms with Gasteiger partial charge in [-0.2, -0.15) is 4.99 Å². The molecule has 50 valence electrons. The van der Waals surface area contributed by atoms with Crippen molar-refractivity contribution in [3.63, 3.8) is 0 Å². The van der Waals surface area contributed by atoms with Crippen LogP contribution in [0.15, 0.2) is 4.99 Å². The van der Waals surface area contributed by atoms with Crippen molar-refractivity contribution in [1.82, 2.24) is 0 Å². The molecule has 1 heterocycles. The molecule has 1 aliphatic heterocycles. The highest BCUT2D eigenvalue weighted by atomic mass is 79.9. The molecule has 0 aliphatic carbocycles. The van der Waals surface area contributed by atoms with Gasteiger partial charge in [0.05, 0.1) is 4.83 Å².